The number of hydrogen-bond acceptors (Lipinski definition) is 4. The average Bonchev–Trinajstić information content (AvgIpc) is 2.17. The van der Waals surface area contributed by atoms with E-state index in [-0.39, 0.29) is 18.8 Å². The largest absolute Gasteiger partial charge is 0.397 e. The van der Waals surface area contributed by atoms with Gasteiger partial charge in [-0.1, -0.05) is 0 Å². The summed E-state index contributed by atoms with van der Waals surface area (Å²) in [7, 11) is 0. The first-order valence-electron chi connectivity index (χ1n) is 4.23. The second kappa shape index (κ2) is 4.83. The molecule has 0 saturated heterocycles. The number of hydrogen-bond donors (Lipinski definition) is 1. The lowest BCUT2D eigenvalue weighted by Gasteiger charge is -2.19. The maximum atomic E-state index is 12.8. The zero-order valence-corrected chi connectivity index (χ0v) is 7.94. The van der Waals surface area contributed by atoms with Gasteiger partial charge in [-0.25, -0.2) is 4.39 Å². The van der Waals surface area contributed by atoms with Crippen LogP contribution < -0.4 is 10.6 Å². The van der Waals surface area contributed by atoms with E-state index in [4.69, 9.17) is 16.3 Å². The minimum Gasteiger partial charge on any atom is -0.397 e. The molecule has 0 spiro atoms. The number of nitrogen functional groups attached to an aromatic ring is 1. The molecular formula is C10H9FN4. The SMILES string of the molecule is N#CCN(CC#N)c1ccc(F)cc1N. The van der Waals surface area contributed by atoms with Gasteiger partial charge in [0.15, 0.2) is 0 Å². The van der Waals surface area contributed by atoms with Crippen LogP contribution in [0, 0.1) is 28.5 Å². The fourth-order valence-corrected chi connectivity index (χ4v) is 1.21. The fourth-order valence-electron chi connectivity index (χ4n) is 1.21. The van der Waals surface area contributed by atoms with Crippen LogP contribution in [0.2, 0.25) is 0 Å². The molecule has 0 bridgehead atoms. The maximum absolute atomic E-state index is 12.8. The zero-order valence-electron chi connectivity index (χ0n) is 7.94. The van der Waals surface area contributed by atoms with Gasteiger partial charge in [-0.3, -0.25) is 0 Å². The summed E-state index contributed by atoms with van der Waals surface area (Å²) in [5.41, 5.74) is 6.30. The molecule has 0 fully saturated rings. The molecule has 1 rings (SSSR count). The summed E-state index contributed by atoms with van der Waals surface area (Å²) in [4.78, 5) is 1.48. The molecule has 0 unspecified atom stereocenters. The third-order valence-electron chi connectivity index (χ3n) is 1.85. The highest BCUT2D eigenvalue weighted by Gasteiger charge is 2.09. The van der Waals surface area contributed by atoms with Crippen LogP contribution in [0.25, 0.3) is 0 Å². The molecule has 2 N–H and O–H groups in total. The van der Waals surface area contributed by atoms with E-state index in [1.807, 2.05) is 12.1 Å². The quantitative estimate of drug-likeness (QED) is 0.594. The molecule has 0 aromatic heterocycles. The van der Waals surface area contributed by atoms with E-state index in [2.05, 4.69) is 0 Å². The van der Waals surface area contributed by atoms with Crippen molar-refractivity contribution >= 4 is 11.4 Å². The van der Waals surface area contributed by atoms with Crippen LogP contribution in [0.1, 0.15) is 0 Å². The van der Waals surface area contributed by atoms with Gasteiger partial charge >= 0.3 is 0 Å². The van der Waals surface area contributed by atoms with Crippen molar-refractivity contribution in [2.75, 3.05) is 23.7 Å². The predicted octanol–water partition coefficient (Wildman–Crippen LogP) is 1.26. The number of rotatable bonds is 3. The standard InChI is InChI=1S/C10H9FN4/c11-8-1-2-10(9(14)7-8)15(5-3-12)6-4-13/h1-2,7H,5-6,14H2. The molecule has 0 heterocycles. The topological polar surface area (TPSA) is 76.8 Å². The molecule has 0 aliphatic rings. The summed E-state index contributed by atoms with van der Waals surface area (Å²) in [6.45, 7) is 0.0901. The molecule has 0 atom stereocenters. The zero-order chi connectivity index (χ0) is 11.3. The van der Waals surface area contributed by atoms with Gasteiger partial charge in [-0.15, -0.1) is 0 Å². The van der Waals surface area contributed by atoms with E-state index in [9.17, 15) is 4.39 Å². The molecule has 5 heteroatoms. The summed E-state index contributed by atoms with van der Waals surface area (Å²) in [5, 5.41) is 17.1. The van der Waals surface area contributed by atoms with Crippen LogP contribution in [0.3, 0.4) is 0 Å². The Morgan fingerprint density at radius 2 is 1.87 bits per heavy atom. The summed E-state index contributed by atoms with van der Waals surface area (Å²) >= 11 is 0. The minimum atomic E-state index is -0.440. The molecular weight excluding hydrogens is 195 g/mol. The Balaban J connectivity index is 3.02. The van der Waals surface area contributed by atoms with Crippen molar-refractivity contribution in [2.24, 2.45) is 0 Å². The Bertz CT molecular complexity index is 414. The number of benzene rings is 1. The highest BCUT2D eigenvalue weighted by atomic mass is 19.1. The molecule has 4 nitrogen and oxygen atoms in total. The Kier molecular flexibility index (Phi) is 3.48. The van der Waals surface area contributed by atoms with Crippen molar-refractivity contribution in [3.8, 4) is 12.1 Å². The summed E-state index contributed by atoms with van der Waals surface area (Å²) in [6, 6.07) is 7.70. The Morgan fingerprint density at radius 1 is 1.27 bits per heavy atom. The van der Waals surface area contributed by atoms with E-state index in [0.717, 1.165) is 6.07 Å². The minimum absolute atomic E-state index is 0.0450. The smallest absolute Gasteiger partial charge is 0.125 e. The van der Waals surface area contributed by atoms with Crippen molar-refractivity contribution in [3.63, 3.8) is 0 Å². The molecule has 76 valence electrons. The van der Waals surface area contributed by atoms with Crippen molar-refractivity contribution in [1.82, 2.24) is 0 Å². The van der Waals surface area contributed by atoms with E-state index in [0.29, 0.717) is 5.69 Å². The van der Waals surface area contributed by atoms with Crippen LogP contribution in [0.15, 0.2) is 18.2 Å². The first-order valence-corrected chi connectivity index (χ1v) is 4.23. The van der Waals surface area contributed by atoms with E-state index < -0.39 is 5.82 Å². The third kappa shape index (κ3) is 2.58. The lowest BCUT2D eigenvalue weighted by molar-refractivity contribution is 0.628. The number of halogens is 1. The van der Waals surface area contributed by atoms with Gasteiger partial charge in [0.05, 0.1) is 23.5 Å². The average molecular weight is 204 g/mol. The molecule has 15 heavy (non-hydrogen) atoms. The summed E-state index contributed by atoms with van der Waals surface area (Å²) in [5.74, 6) is -0.440. The van der Waals surface area contributed by atoms with Crippen molar-refractivity contribution < 1.29 is 4.39 Å². The Hall–Kier alpha value is -2.27. The van der Waals surface area contributed by atoms with Crippen molar-refractivity contribution in [3.05, 3.63) is 24.0 Å². The van der Waals surface area contributed by atoms with E-state index in [1.165, 1.54) is 17.0 Å². The number of nitrogens with two attached hydrogens (primary N) is 1. The predicted molar refractivity (Wildman–Crippen MR) is 54.3 cm³/mol. The van der Waals surface area contributed by atoms with Crippen LogP contribution in [0.5, 0.6) is 0 Å². The molecule has 0 amide bonds. The van der Waals surface area contributed by atoms with Gasteiger partial charge in [-0.2, -0.15) is 10.5 Å². The van der Waals surface area contributed by atoms with Gasteiger partial charge < -0.3 is 10.6 Å². The fraction of sp³-hybridized carbons (Fsp3) is 0.200. The summed E-state index contributed by atoms with van der Waals surface area (Å²) < 4.78 is 12.8. The third-order valence-corrected chi connectivity index (χ3v) is 1.85. The second-order valence-corrected chi connectivity index (χ2v) is 2.88. The second-order valence-electron chi connectivity index (χ2n) is 2.88. The number of anilines is 2. The lowest BCUT2D eigenvalue weighted by Crippen LogP contribution is -2.24. The van der Waals surface area contributed by atoms with Crippen LogP contribution >= 0.6 is 0 Å². The van der Waals surface area contributed by atoms with Gasteiger partial charge in [0.1, 0.15) is 18.9 Å². The molecule has 1 aromatic carbocycles. The van der Waals surface area contributed by atoms with E-state index >= 15 is 0 Å². The van der Waals surface area contributed by atoms with Gasteiger partial charge in [0.2, 0.25) is 0 Å². The summed E-state index contributed by atoms with van der Waals surface area (Å²) in [6.07, 6.45) is 0. The van der Waals surface area contributed by atoms with Crippen molar-refractivity contribution in [1.29, 1.82) is 10.5 Å². The van der Waals surface area contributed by atoms with Gasteiger partial charge in [0, 0.05) is 0 Å². The Labute approximate surface area is 86.9 Å². The maximum Gasteiger partial charge on any atom is 0.125 e. The molecule has 0 radical (unpaired) electrons. The molecule has 0 saturated carbocycles. The number of nitrogens with zero attached hydrogens (tertiary/aromatic N) is 3. The highest BCUT2D eigenvalue weighted by Crippen LogP contribution is 2.23. The molecule has 0 aliphatic carbocycles. The highest BCUT2D eigenvalue weighted by molar-refractivity contribution is 5.68. The monoisotopic (exact) mass is 204 g/mol. The molecule has 0 aliphatic heterocycles. The van der Waals surface area contributed by atoms with Crippen LogP contribution in [0.4, 0.5) is 15.8 Å². The number of nitriles is 2. The van der Waals surface area contributed by atoms with Crippen molar-refractivity contribution in [2.45, 2.75) is 0 Å². The first-order chi connectivity index (χ1) is 7.19. The van der Waals surface area contributed by atoms with E-state index in [1.54, 1.807) is 0 Å². The first kappa shape index (κ1) is 10.8. The molecule has 1 aromatic rings. The van der Waals surface area contributed by atoms with Crippen LogP contribution in [-0.2, 0) is 0 Å². The lowest BCUT2D eigenvalue weighted by atomic mass is 10.2. The van der Waals surface area contributed by atoms with Gasteiger partial charge in [-0.05, 0) is 18.2 Å². The normalized spacial score (nSPS) is 9.00. The van der Waals surface area contributed by atoms with Crippen LogP contribution in [-0.4, -0.2) is 13.1 Å². The van der Waals surface area contributed by atoms with Gasteiger partial charge in [0.25, 0.3) is 0 Å². The Morgan fingerprint density at radius 3 is 2.33 bits per heavy atom.